The molecule has 3 rings (SSSR count). The molecule has 1 aliphatic rings. The van der Waals surface area contributed by atoms with Crippen LogP contribution in [0.2, 0.25) is 0 Å². The number of hydrogen-bond donors (Lipinski definition) is 2. The summed E-state index contributed by atoms with van der Waals surface area (Å²) >= 11 is 1.42. The first-order valence-corrected chi connectivity index (χ1v) is 8.72. The molecule has 0 atom stereocenters. The van der Waals surface area contributed by atoms with Crippen molar-refractivity contribution < 1.29 is 9.90 Å². The summed E-state index contributed by atoms with van der Waals surface area (Å²) in [5, 5.41) is 13.0. The van der Waals surface area contributed by atoms with Crippen LogP contribution < -0.4 is 5.32 Å². The monoisotopic (exact) mass is 331 g/mol. The third-order valence-electron chi connectivity index (χ3n) is 4.27. The molecule has 6 heteroatoms. The van der Waals surface area contributed by atoms with Gasteiger partial charge in [0, 0.05) is 24.4 Å². The molecule has 1 aliphatic carbocycles. The molecule has 0 spiro atoms. The van der Waals surface area contributed by atoms with E-state index in [0.29, 0.717) is 12.3 Å². The third-order valence-corrected chi connectivity index (χ3v) is 5.23. The number of aliphatic hydroxyl groups is 1. The second-order valence-electron chi connectivity index (χ2n) is 6.09. The highest BCUT2D eigenvalue weighted by molar-refractivity contribution is 7.99. The second kappa shape index (κ2) is 6.76. The van der Waals surface area contributed by atoms with Crippen LogP contribution in [0.1, 0.15) is 18.4 Å². The number of nitrogens with one attached hydrogen (secondary N) is 1. The molecule has 1 heterocycles. The van der Waals surface area contributed by atoms with E-state index in [1.807, 2.05) is 29.0 Å². The van der Waals surface area contributed by atoms with Gasteiger partial charge in [-0.15, -0.1) is 0 Å². The normalized spacial score (nSPS) is 15.4. The summed E-state index contributed by atoms with van der Waals surface area (Å²) in [6.07, 6.45) is 5.65. The number of para-hydroxylation sites is 1. The fourth-order valence-corrected chi connectivity index (χ4v) is 3.24. The number of amides is 1. The second-order valence-corrected chi connectivity index (χ2v) is 7.03. The first kappa shape index (κ1) is 16.1. The molecule has 1 saturated carbocycles. The van der Waals surface area contributed by atoms with Gasteiger partial charge in [-0.25, -0.2) is 4.98 Å². The molecule has 5 nitrogen and oxygen atoms in total. The van der Waals surface area contributed by atoms with Crippen molar-refractivity contribution in [2.24, 2.45) is 5.41 Å². The standard InChI is InChI=1S/C17H21N3O2S/c1-13-4-2-3-5-14(13)20-9-8-18-16(20)23-10-15(22)19-11-17(12-21)6-7-17/h2-5,8-9,21H,6-7,10-12H2,1H3,(H,19,22). The molecular weight excluding hydrogens is 310 g/mol. The Hall–Kier alpha value is -1.79. The minimum Gasteiger partial charge on any atom is -0.396 e. The van der Waals surface area contributed by atoms with E-state index in [4.69, 9.17) is 0 Å². The molecule has 0 saturated heterocycles. The summed E-state index contributed by atoms with van der Waals surface area (Å²) in [5.74, 6) is 0.304. The number of hydrogen-bond acceptors (Lipinski definition) is 4. The third kappa shape index (κ3) is 3.76. The number of thioether (sulfide) groups is 1. The quantitative estimate of drug-likeness (QED) is 0.763. The van der Waals surface area contributed by atoms with Gasteiger partial charge in [-0.2, -0.15) is 0 Å². The highest BCUT2D eigenvalue weighted by Crippen LogP contribution is 2.44. The zero-order chi connectivity index (χ0) is 16.3. The van der Waals surface area contributed by atoms with Gasteiger partial charge in [0.2, 0.25) is 5.91 Å². The molecule has 0 unspecified atom stereocenters. The van der Waals surface area contributed by atoms with Crippen LogP contribution in [0.5, 0.6) is 0 Å². The predicted molar refractivity (Wildman–Crippen MR) is 90.8 cm³/mol. The number of carbonyl (C=O) groups is 1. The van der Waals surface area contributed by atoms with E-state index in [-0.39, 0.29) is 17.9 Å². The number of aliphatic hydroxyl groups excluding tert-OH is 1. The Kier molecular flexibility index (Phi) is 4.73. The van der Waals surface area contributed by atoms with Crippen LogP contribution in [0, 0.1) is 12.3 Å². The number of imidazole rings is 1. The Labute approximate surface area is 140 Å². The lowest BCUT2D eigenvalue weighted by molar-refractivity contribution is -0.118. The van der Waals surface area contributed by atoms with Gasteiger partial charge in [0.25, 0.3) is 0 Å². The average molecular weight is 331 g/mol. The van der Waals surface area contributed by atoms with Crippen molar-refractivity contribution >= 4 is 17.7 Å². The molecular formula is C17H21N3O2S. The van der Waals surface area contributed by atoms with Gasteiger partial charge in [0.05, 0.1) is 18.0 Å². The van der Waals surface area contributed by atoms with Crippen molar-refractivity contribution in [3.63, 3.8) is 0 Å². The Morgan fingerprint density at radius 2 is 2.22 bits per heavy atom. The summed E-state index contributed by atoms with van der Waals surface area (Å²) in [6.45, 7) is 2.77. The van der Waals surface area contributed by atoms with Crippen molar-refractivity contribution in [2.45, 2.75) is 24.9 Å². The van der Waals surface area contributed by atoms with E-state index in [9.17, 15) is 9.90 Å². The van der Waals surface area contributed by atoms with Crippen LogP contribution in [-0.2, 0) is 4.79 Å². The summed E-state index contributed by atoms with van der Waals surface area (Å²) in [7, 11) is 0. The van der Waals surface area contributed by atoms with Gasteiger partial charge in [-0.1, -0.05) is 30.0 Å². The highest BCUT2D eigenvalue weighted by Gasteiger charge is 2.41. The maximum absolute atomic E-state index is 12.0. The van der Waals surface area contributed by atoms with Crippen LogP contribution in [0.3, 0.4) is 0 Å². The molecule has 122 valence electrons. The minimum atomic E-state index is -0.0556. The number of benzene rings is 1. The van der Waals surface area contributed by atoms with Crippen molar-refractivity contribution in [1.29, 1.82) is 0 Å². The number of nitrogens with zero attached hydrogens (tertiary/aromatic N) is 2. The first-order chi connectivity index (χ1) is 11.1. The number of rotatable bonds is 7. The lowest BCUT2D eigenvalue weighted by Crippen LogP contribution is -2.33. The van der Waals surface area contributed by atoms with Crippen LogP contribution in [0.15, 0.2) is 41.8 Å². The van der Waals surface area contributed by atoms with Gasteiger partial charge in [0.15, 0.2) is 5.16 Å². The van der Waals surface area contributed by atoms with E-state index < -0.39 is 0 Å². The van der Waals surface area contributed by atoms with Crippen LogP contribution in [-0.4, -0.2) is 39.5 Å². The molecule has 0 bridgehead atoms. The van der Waals surface area contributed by atoms with Gasteiger partial charge in [-0.05, 0) is 31.4 Å². The minimum absolute atomic E-state index is 0.0194. The van der Waals surface area contributed by atoms with Crippen molar-refractivity contribution in [3.05, 3.63) is 42.2 Å². The summed E-state index contributed by atoms with van der Waals surface area (Å²) in [6, 6.07) is 8.10. The Morgan fingerprint density at radius 3 is 2.91 bits per heavy atom. The van der Waals surface area contributed by atoms with Crippen LogP contribution in [0.4, 0.5) is 0 Å². The average Bonchev–Trinajstić information content (AvgIpc) is 3.21. The molecule has 1 aromatic carbocycles. The molecule has 0 radical (unpaired) electrons. The molecule has 0 aliphatic heterocycles. The smallest absolute Gasteiger partial charge is 0.230 e. The number of aryl methyl sites for hydroxylation is 1. The molecule has 2 aromatic rings. The fourth-order valence-electron chi connectivity index (χ4n) is 2.45. The Morgan fingerprint density at radius 1 is 1.43 bits per heavy atom. The van der Waals surface area contributed by atoms with E-state index in [1.165, 1.54) is 11.8 Å². The van der Waals surface area contributed by atoms with Gasteiger partial charge in [-0.3, -0.25) is 9.36 Å². The summed E-state index contributed by atoms with van der Waals surface area (Å²) < 4.78 is 2.00. The lowest BCUT2D eigenvalue weighted by Gasteiger charge is -2.13. The van der Waals surface area contributed by atoms with E-state index >= 15 is 0 Å². The SMILES string of the molecule is Cc1ccccc1-n1ccnc1SCC(=O)NCC1(CO)CC1. The largest absolute Gasteiger partial charge is 0.396 e. The topological polar surface area (TPSA) is 67.2 Å². The van der Waals surface area contributed by atoms with Crippen molar-refractivity contribution in [1.82, 2.24) is 14.9 Å². The van der Waals surface area contributed by atoms with E-state index in [2.05, 4.69) is 23.3 Å². The zero-order valence-corrected chi connectivity index (χ0v) is 14.0. The predicted octanol–water partition coefficient (Wildman–Crippen LogP) is 2.16. The summed E-state index contributed by atoms with van der Waals surface area (Å²) in [5.41, 5.74) is 2.18. The lowest BCUT2D eigenvalue weighted by atomic mass is 10.1. The van der Waals surface area contributed by atoms with Gasteiger partial charge >= 0.3 is 0 Å². The summed E-state index contributed by atoms with van der Waals surface area (Å²) in [4.78, 5) is 16.3. The van der Waals surface area contributed by atoms with Gasteiger partial charge < -0.3 is 10.4 Å². The molecule has 2 N–H and O–H groups in total. The first-order valence-electron chi connectivity index (χ1n) is 7.73. The van der Waals surface area contributed by atoms with Crippen molar-refractivity contribution in [3.8, 4) is 5.69 Å². The maximum Gasteiger partial charge on any atom is 0.230 e. The Bertz CT molecular complexity index is 695. The zero-order valence-electron chi connectivity index (χ0n) is 13.2. The number of aromatic nitrogens is 2. The van der Waals surface area contributed by atoms with Gasteiger partial charge in [0.1, 0.15) is 0 Å². The molecule has 1 fully saturated rings. The number of carbonyl (C=O) groups excluding carboxylic acids is 1. The molecule has 1 aromatic heterocycles. The Balaban J connectivity index is 1.58. The molecule has 23 heavy (non-hydrogen) atoms. The molecule has 1 amide bonds. The van der Waals surface area contributed by atoms with Crippen molar-refractivity contribution in [2.75, 3.05) is 18.9 Å². The van der Waals surface area contributed by atoms with Crippen LogP contribution >= 0.6 is 11.8 Å². The fraction of sp³-hybridized carbons (Fsp3) is 0.412. The van der Waals surface area contributed by atoms with E-state index in [1.54, 1.807) is 6.20 Å². The van der Waals surface area contributed by atoms with Crippen LogP contribution in [0.25, 0.3) is 5.69 Å². The van der Waals surface area contributed by atoms with E-state index in [0.717, 1.165) is 29.2 Å². The maximum atomic E-state index is 12.0. The highest BCUT2D eigenvalue weighted by atomic mass is 32.2.